The Hall–Kier alpha value is -2.16. The Bertz CT molecular complexity index is 809. The number of fused-ring (bicyclic) bond motifs is 5. The SMILES string of the molecule is CC(C)CC1Cc2ccccc2C2N=NN(C(C)C)C2c2ccccc21. The summed E-state index contributed by atoms with van der Waals surface area (Å²) in [6.07, 6.45) is 2.30. The molecule has 3 heteroatoms. The van der Waals surface area contributed by atoms with Crippen LogP contribution in [0.2, 0.25) is 0 Å². The molecule has 26 heavy (non-hydrogen) atoms. The van der Waals surface area contributed by atoms with E-state index in [4.69, 9.17) is 5.11 Å². The molecule has 0 bridgehead atoms. The predicted molar refractivity (Wildman–Crippen MR) is 106 cm³/mol. The normalized spacial score (nSPS) is 24.2. The molecule has 0 aromatic heterocycles. The van der Waals surface area contributed by atoms with Crippen LogP contribution in [0.3, 0.4) is 0 Å². The van der Waals surface area contributed by atoms with Crippen LogP contribution in [-0.4, -0.2) is 11.1 Å². The van der Waals surface area contributed by atoms with Gasteiger partial charge < -0.3 is 0 Å². The Balaban J connectivity index is 1.90. The zero-order valence-electron chi connectivity index (χ0n) is 16.3. The van der Waals surface area contributed by atoms with Gasteiger partial charge in [0.15, 0.2) is 0 Å². The van der Waals surface area contributed by atoms with E-state index in [9.17, 15) is 0 Å². The van der Waals surface area contributed by atoms with Crippen LogP contribution in [-0.2, 0) is 6.42 Å². The van der Waals surface area contributed by atoms with Crippen LogP contribution in [0.4, 0.5) is 0 Å². The number of benzene rings is 2. The first kappa shape index (κ1) is 17.3. The molecular formula is C23H29N3. The average Bonchev–Trinajstić information content (AvgIpc) is 3.05. The third-order valence-electron chi connectivity index (χ3n) is 5.74. The van der Waals surface area contributed by atoms with Crippen molar-refractivity contribution in [3.05, 3.63) is 70.8 Å². The lowest BCUT2D eigenvalue weighted by Crippen LogP contribution is -2.31. The van der Waals surface area contributed by atoms with Crippen molar-refractivity contribution in [3.63, 3.8) is 0 Å². The van der Waals surface area contributed by atoms with Crippen molar-refractivity contribution in [2.45, 2.75) is 64.6 Å². The Kier molecular flexibility index (Phi) is 4.56. The number of hydrogen-bond acceptors (Lipinski definition) is 3. The van der Waals surface area contributed by atoms with Gasteiger partial charge in [-0.25, -0.2) is 0 Å². The van der Waals surface area contributed by atoms with Gasteiger partial charge in [-0.3, -0.25) is 5.01 Å². The van der Waals surface area contributed by atoms with E-state index in [0.717, 1.165) is 6.42 Å². The summed E-state index contributed by atoms with van der Waals surface area (Å²) < 4.78 is 0. The van der Waals surface area contributed by atoms with Gasteiger partial charge in [0.2, 0.25) is 0 Å². The highest BCUT2D eigenvalue weighted by atomic mass is 15.6. The molecule has 0 radical (unpaired) electrons. The average molecular weight is 348 g/mol. The second-order valence-electron chi connectivity index (χ2n) is 8.43. The molecular weight excluding hydrogens is 318 g/mol. The number of rotatable bonds is 3. The van der Waals surface area contributed by atoms with E-state index < -0.39 is 0 Å². The first-order chi connectivity index (χ1) is 12.6. The lowest BCUT2D eigenvalue weighted by atomic mass is 9.75. The summed E-state index contributed by atoms with van der Waals surface area (Å²) >= 11 is 0. The topological polar surface area (TPSA) is 28.0 Å². The van der Waals surface area contributed by atoms with E-state index in [1.807, 2.05) is 0 Å². The molecule has 136 valence electrons. The maximum atomic E-state index is 4.74. The Morgan fingerprint density at radius 1 is 0.923 bits per heavy atom. The fourth-order valence-electron chi connectivity index (χ4n) is 4.66. The molecule has 1 heterocycles. The molecule has 0 fully saturated rings. The quantitative estimate of drug-likeness (QED) is 0.645. The zero-order chi connectivity index (χ0) is 18.3. The summed E-state index contributed by atoms with van der Waals surface area (Å²) in [6, 6.07) is 18.5. The standard InChI is InChI=1S/C23H29N3/c1-15(2)13-18-14-17-9-5-6-11-20(17)22-23(26(16(3)4)25-24-22)21-12-8-7-10-19(18)21/h5-12,15-16,18,22-23H,13-14H2,1-4H3. The molecule has 0 amide bonds. The molecule has 1 aliphatic carbocycles. The Morgan fingerprint density at radius 2 is 1.58 bits per heavy atom. The summed E-state index contributed by atoms with van der Waals surface area (Å²) in [6.45, 7) is 9.08. The van der Waals surface area contributed by atoms with Crippen LogP contribution in [0.15, 0.2) is 58.9 Å². The van der Waals surface area contributed by atoms with Gasteiger partial charge >= 0.3 is 0 Å². The number of hydrogen-bond donors (Lipinski definition) is 0. The van der Waals surface area contributed by atoms with E-state index in [1.165, 1.54) is 28.7 Å². The molecule has 4 rings (SSSR count). The minimum atomic E-state index is 0.0924. The minimum absolute atomic E-state index is 0.0924. The van der Waals surface area contributed by atoms with Gasteiger partial charge in [-0.2, -0.15) is 5.11 Å². The molecule has 2 aromatic rings. The monoisotopic (exact) mass is 347 g/mol. The first-order valence-electron chi connectivity index (χ1n) is 9.92. The van der Waals surface area contributed by atoms with Gasteiger partial charge in [-0.1, -0.05) is 67.6 Å². The zero-order valence-corrected chi connectivity index (χ0v) is 16.3. The van der Waals surface area contributed by atoms with Gasteiger partial charge in [0.05, 0.1) is 0 Å². The second-order valence-corrected chi connectivity index (χ2v) is 8.43. The van der Waals surface area contributed by atoms with Gasteiger partial charge in [-0.15, -0.1) is 0 Å². The lowest BCUT2D eigenvalue weighted by Gasteiger charge is -2.35. The Labute approximate surface area is 157 Å². The van der Waals surface area contributed by atoms with E-state index >= 15 is 0 Å². The molecule has 2 aromatic carbocycles. The smallest absolute Gasteiger partial charge is 0.124 e. The molecule has 3 unspecified atom stereocenters. The van der Waals surface area contributed by atoms with Gasteiger partial charge in [0.1, 0.15) is 12.1 Å². The van der Waals surface area contributed by atoms with Crippen molar-refractivity contribution in [3.8, 4) is 0 Å². The van der Waals surface area contributed by atoms with E-state index in [0.29, 0.717) is 17.9 Å². The molecule has 0 N–H and O–H groups in total. The summed E-state index contributed by atoms with van der Waals surface area (Å²) in [5, 5.41) is 11.6. The summed E-state index contributed by atoms with van der Waals surface area (Å²) in [4.78, 5) is 0. The largest absolute Gasteiger partial charge is 0.266 e. The fourth-order valence-corrected chi connectivity index (χ4v) is 4.66. The molecule has 3 nitrogen and oxygen atoms in total. The molecule has 1 aliphatic heterocycles. The van der Waals surface area contributed by atoms with Crippen LogP contribution >= 0.6 is 0 Å². The lowest BCUT2D eigenvalue weighted by molar-refractivity contribution is 0.172. The second kappa shape index (κ2) is 6.86. The van der Waals surface area contributed by atoms with E-state index in [-0.39, 0.29) is 12.1 Å². The minimum Gasteiger partial charge on any atom is -0.266 e. The summed E-state index contributed by atoms with van der Waals surface area (Å²) in [5.74, 6) is 1.22. The van der Waals surface area contributed by atoms with Gasteiger partial charge in [0.25, 0.3) is 0 Å². The van der Waals surface area contributed by atoms with Gasteiger partial charge in [0, 0.05) is 6.04 Å². The highest BCUT2D eigenvalue weighted by Gasteiger charge is 2.40. The van der Waals surface area contributed by atoms with Crippen molar-refractivity contribution < 1.29 is 0 Å². The van der Waals surface area contributed by atoms with Gasteiger partial charge in [-0.05, 0) is 60.8 Å². The van der Waals surface area contributed by atoms with Crippen molar-refractivity contribution in [2.24, 2.45) is 16.3 Å². The third kappa shape index (κ3) is 2.94. The van der Waals surface area contributed by atoms with Crippen molar-refractivity contribution in [1.82, 2.24) is 5.01 Å². The molecule has 0 saturated heterocycles. The Morgan fingerprint density at radius 3 is 2.27 bits per heavy atom. The first-order valence-corrected chi connectivity index (χ1v) is 9.92. The van der Waals surface area contributed by atoms with E-state index in [1.54, 1.807) is 0 Å². The van der Waals surface area contributed by atoms with E-state index in [2.05, 4.69) is 86.5 Å². The number of nitrogens with zero attached hydrogens (tertiary/aromatic N) is 3. The molecule has 2 aliphatic rings. The predicted octanol–water partition coefficient (Wildman–Crippen LogP) is 6.25. The summed E-state index contributed by atoms with van der Waals surface area (Å²) in [7, 11) is 0. The fraction of sp³-hybridized carbons (Fsp3) is 0.478. The van der Waals surface area contributed by atoms with Crippen molar-refractivity contribution >= 4 is 0 Å². The van der Waals surface area contributed by atoms with Crippen LogP contribution in [0.1, 0.15) is 74.4 Å². The highest BCUT2D eigenvalue weighted by Crippen LogP contribution is 2.49. The van der Waals surface area contributed by atoms with Crippen molar-refractivity contribution in [2.75, 3.05) is 0 Å². The molecule has 0 spiro atoms. The van der Waals surface area contributed by atoms with Crippen LogP contribution in [0.5, 0.6) is 0 Å². The third-order valence-corrected chi connectivity index (χ3v) is 5.74. The highest BCUT2D eigenvalue weighted by molar-refractivity contribution is 5.43. The summed E-state index contributed by atoms with van der Waals surface area (Å²) in [5.41, 5.74) is 5.69. The van der Waals surface area contributed by atoms with Crippen LogP contribution in [0, 0.1) is 5.92 Å². The molecule has 3 atom stereocenters. The van der Waals surface area contributed by atoms with Crippen LogP contribution < -0.4 is 0 Å². The maximum Gasteiger partial charge on any atom is 0.124 e. The maximum absolute atomic E-state index is 4.74. The van der Waals surface area contributed by atoms with Crippen molar-refractivity contribution in [1.29, 1.82) is 0 Å². The molecule has 0 saturated carbocycles. The van der Waals surface area contributed by atoms with Crippen LogP contribution in [0.25, 0.3) is 0 Å².